The standard InChI is InChI=1S/C15H12ClN3O2/c16-12-3-1-2-11(8-12)4-5-13-9-17-14-10-18(15(20)21)6-7-19(13)14/h1-3,8-9H,6-7,10H2,(H,20,21). The molecule has 2 heterocycles. The Morgan fingerprint density at radius 2 is 2.19 bits per heavy atom. The maximum Gasteiger partial charge on any atom is 0.407 e. The van der Waals surface area contributed by atoms with Gasteiger partial charge in [0.2, 0.25) is 0 Å². The van der Waals surface area contributed by atoms with E-state index in [4.69, 9.17) is 16.7 Å². The molecule has 1 aliphatic rings. The molecule has 1 aliphatic heterocycles. The molecule has 0 radical (unpaired) electrons. The molecule has 0 fully saturated rings. The summed E-state index contributed by atoms with van der Waals surface area (Å²) in [7, 11) is 0. The average molecular weight is 302 g/mol. The van der Waals surface area contributed by atoms with Crippen LogP contribution in [0.25, 0.3) is 0 Å². The lowest BCUT2D eigenvalue weighted by Crippen LogP contribution is -2.37. The van der Waals surface area contributed by atoms with Crippen molar-refractivity contribution in [2.24, 2.45) is 0 Å². The van der Waals surface area contributed by atoms with Crippen LogP contribution in [0.5, 0.6) is 0 Å². The molecule has 0 aliphatic carbocycles. The van der Waals surface area contributed by atoms with E-state index >= 15 is 0 Å². The molecule has 0 saturated carbocycles. The van der Waals surface area contributed by atoms with Crippen molar-refractivity contribution in [3.63, 3.8) is 0 Å². The Morgan fingerprint density at radius 3 is 2.95 bits per heavy atom. The van der Waals surface area contributed by atoms with Gasteiger partial charge in [-0.15, -0.1) is 0 Å². The Hall–Kier alpha value is -2.45. The molecule has 1 aromatic heterocycles. The quantitative estimate of drug-likeness (QED) is 0.760. The van der Waals surface area contributed by atoms with Crippen molar-refractivity contribution in [1.82, 2.24) is 14.5 Å². The van der Waals surface area contributed by atoms with Crippen LogP contribution < -0.4 is 0 Å². The van der Waals surface area contributed by atoms with Gasteiger partial charge >= 0.3 is 6.09 Å². The first kappa shape index (κ1) is 13.5. The van der Waals surface area contributed by atoms with Crippen molar-refractivity contribution in [2.45, 2.75) is 13.1 Å². The van der Waals surface area contributed by atoms with Crippen molar-refractivity contribution >= 4 is 17.7 Å². The second-order valence-electron chi connectivity index (χ2n) is 4.68. The maximum atomic E-state index is 11.0. The van der Waals surface area contributed by atoms with Crippen LogP contribution in [-0.2, 0) is 13.1 Å². The molecule has 0 spiro atoms. The van der Waals surface area contributed by atoms with Crippen LogP contribution in [0, 0.1) is 11.8 Å². The third kappa shape index (κ3) is 2.86. The molecule has 0 atom stereocenters. The molecular weight excluding hydrogens is 290 g/mol. The minimum absolute atomic E-state index is 0.300. The van der Waals surface area contributed by atoms with E-state index in [0.29, 0.717) is 24.7 Å². The van der Waals surface area contributed by atoms with Crippen LogP contribution in [0.2, 0.25) is 5.02 Å². The lowest BCUT2D eigenvalue weighted by Gasteiger charge is -2.25. The molecule has 0 unspecified atom stereocenters. The summed E-state index contributed by atoms with van der Waals surface area (Å²) in [6.45, 7) is 1.32. The summed E-state index contributed by atoms with van der Waals surface area (Å²) in [5.41, 5.74) is 1.62. The number of rotatable bonds is 0. The fraction of sp³-hybridized carbons (Fsp3) is 0.200. The molecule has 3 rings (SSSR count). The van der Waals surface area contributed by atoms with E-state index in [0.717, 1.165) is 17.1 Å². The molecule has 1 N–H and O–H groups in total. The highest BCUT2D eigenvalue weighted by Crippen LogP contribution is 2.14. The van der Waals surface area contributed by atoms with Crippen LogP contribution >= 0.6 is 11.6 Å². The molecule has 2 aromatic rings. The van der Waals surface area contributed by atoms with Crippen LogP contribution in [0.4, 0.5) is 4.79 Å². The molecule has 106 valence electrons. The summed E-state index contributed by atoms with van der Waals surface area (Å²) in [6.07, 6.45) is 0.758. The number of carboxylic acid groups (broad SMARTS) is 1. The molecular formula is C15H12ClN3O2. The third-order valence-electron chi connectivity index (χ3n) is 3.29. The first-order chi connectivity index (χ1) is 10.1. The van der Waals surface area contributed by atoms with Gasteiger partial charge < -0.3 is 9.67 Å². The Balaban J connectivity index is 1.85. The van der Waals surface area contributed by atoms with Crippen LogP contribution in [0.3, 0.4) is 0 Å². The summed E-state index contributed by atoms with van der Waals surface area (Å²) >= 11 is 5.92. The molecule has 6 heteroatoms. The summed E-state index contributed by atoms with van der Waals surface area (Å²) in [6, 6.07) is 7.34. The van der Waals surface area contributed by atoms with Crippen molar-refractivity contribution in [3.8, 4) is 11.8 Å². The van der Waals surface area contributed by atoms with Crippen molar-refractivity contribution < 1.29 is 9.90 Å². The molecule has 0 bridgehead atoms. The number of carbonyl (C=O) groups is 1. The van der Waals surface area contributed by atoms with E-state index < -0.39 is 6.09 Å². The smallest absolute Gasteiger partial charge is 0.407 e. The van der Waals surface area contributed by atoms with E-state index in [9.17, 15) is 4.79 Å². The van der Waals surface area contributed by atoms with Gasteiger partial charge in [0.25, 0.3) is 0 Å². The average Bonchev–Trinajstić information content (AvgIpc) is 2.87. The van der Waals surface area contributed by atoms with Gasteiger partial charge in [0.15, 0.2) is 0 Å². The number of hydrogen-bond donors (Lipinski definition) is 1. The molecule has 5 nitrogen and oxygen atoms in total. The lowest BCUT2D eigenvalue weighted by atomic mass is 10.2. The third-order valence-corrected chi connectivity index (χ3v) is 3.53. The van der Waals surface area contributed by atoms with Gasteiger partial charge in [-0.25, -0.2) is 9.78 Å². The highest BCUT2D eigenvalue weighted by atomic mass is 35.5. The summed E-state index contributed by atoms with van der Waals surface area (Å²) in [4.78, 5) is 16.6. The zero-order chi connectivity index (χ0) is 14.8. The first-order valence-electron chi connectivity index (χ1n) is 6.43. The van der Waals surface area contributed by atoms with Gasteiger partial charge in [-0.05, 0) is 24.1 Å². The number of imidazole rings is 1. The minimum atomic E-state index is -0.921. The first-order valence-corrected chi connectivity index (χ1v) is 6.81. The Morgan fingerprint density at radius 1 is 1.33 bits per heavy atom. The number of amides is 1. The van der Waals surface area contributed by atoms with Crippen molar-refractivity contribution in [1.29, 1.82) is 0 Å². The summed E-state index contributed by atoms with van der Waals surface area (Å²) < 4.78 is 1.96. The highest BCUT2D eigenvalue weighted by molar-refractivity contribution is 6.30. The predicted molar refractivity (Wildman–Crippen MR) is 78.1 cm³/mol. The van der Waals surface area contributed by atoms with Crippen LogP contribution in [0.15, 0.2) is 30.5 Å². The van der Waals surface area contributed by atoms with Gasteiger partial charge in [-0.2, -0.15) is 0 Å². The van der Waals surface area contributed by atoms with Gasteiger partial charge in [-0.1, -0.05) is 23.6 Å². The number of aromatic nitrogens is 2. The van der Waals surface area contributed by atoms with Gasteiger partial charge in [0, 0.05) is 23.7 Å². The second kappa shape index (κ2) is 5.51. The summed E-state index contributed by atoms with van der Waals surface area (Å²) in [5.74, 6) is 6.83. The lowest BCUT2D eigenvalue weighted by molar-refractivity contribution is 0.131. The fourth-order valence-corrected chi connectivity index (χ4v) is 2.42. The second-order valence-corrected chi connectivity index (χ2v) is 5.11. The monoisotopic (exact) mass is 301 g/mol. The zero-order valence-electron chi connectivity index (χ0n) is 11.1. The number of hydrogen-bond acceptors (Lipinski definition) is 2. The Kier molecular flexibility index (Phi) is 3.55. The molecule has 1 aromatic carbocycles. The Bertz CT molecular complexity index is 758. The topological polar surface area (TPSA) is 58.4 Å². The van der Waals surface area contributed by atoms with E-state index in [1.54, 1.807) is 18.3 Å². The Labute approximate surface area is 126 Å². The fourth-order valence-electron chi connectivity index (χ4n) is 2.23. The number of halogens is 1. The number of benzene rings is 1. The largest absolute Gasteiger partial charge is 0.465 e. The van der Waals surface area contributed by atoms with Crippen molar-refractivity contribution in [2.75, 3.05) is 6.54 Å². The zero-order valence-corrected chi connectivity index (χ0v) is 11.8. The van der Waals surface area contributed by atoms with E-state index in [1.165, 1.54) is 4.90 Å². The van der Waals surface area contributed by atoms with E-state index in [-0.39, 0.29) is 0 Å². The number of nitrogens with zero attached hydrogens (tertiary/aromatic N) is 3. The van der Waals surface area contributed by atoms with Crippen LogP contribution in [-0.4, -0.2) is 32.2 Å². The van der Waals surface area contributed by atoms with E-state index in [2.05, 4.69) is 16.8 Å². The SMILES string of the molecule is O=C(O)N1CCn2c(C#Cc3cccc(Cl)c3)cnc2C1. The number of fused-ring (bicyclic) bond motifs is 1. The maximum absolute atomic E-state index is 11.0. The normalized spacial score (nSPS) is 13.3. The van der Waals surface area contributed by atoms with Gasteiger partial charge in [0.1, 0.15) is 11.5 Å². The highest BCUT2D eigenvalue weighted by Gasteiger charge is 2.22. The van der Waals surface area contributed by atoms with Crippen LogP contribution in [0.1, 0.15) is 17.1 Å². The molecule has 1 amide bonds. The molecule has 0 saturated heterocycles. The van der Waals surface area contributed by atoms with Gasteiger partial charge in [-0.3, -0.25) is 4.90 Å². The summed E-state index contributed by atoms with van der Waals surface area (Å²) in [5, 5.41) is 9.64. The van der Waals surface area contributed by atoms with E-state index in [1.807, 2.05) is 16.7 Å². The van der Waals surface area contributed by atoms with Crippen molar-refractivity contribution in [3.05, 3.63) is 52.6 Å². The molecule has 21 heavy (non-hydrogen) atoms. The minimum Gasteiger partial charge on any atom is -0.465 e. The predicted octanol–water partition coefficient (Wildman–Crippen LogP) is 2.43. The van der Waals surface area contributed by atoms with Gasteiger partial charge in [0.05, 0.1) is 12.7 Å².